The molecule has 1 heterocycles. The van der Waals surface area contributed by atoms with E-state index in [1.807, 2.05) is 0 Å². The average molecular weight is 342 g/mol. The lowest BCUT2D eigenvalue weighted by atomic mass is 9.94. The third kappa shape index (κ3) is 3.93. The quantitative estimate of drug-likeness (QED) is 0.703. The van der Waals surface area contributed by atoms with Crippen molar-refractivity contribution in [3.8, 4) is 0 Å². The number of halogens is 1. The van der Waals surface area contributed by atoms with Crippen molar-refractivity contribution in [2.45, 2.75) is 25.2 Å². The predicted molar refractivity (Wildman–Crippen MR) is 92.5 cm³/mol. The maximum absolute atomic E-state index is 13.1. The molecule has 0 aliphatic heterocycles. The molecule has 1 aliphatic rings. The summed E-state index contributed by atoms with van der Waals surface area (Å²) in [5, 5.41) is 10.9. The van der Waals surface area contributed by atoms with Crippen LogP contribution in [-0.4, -0.2) is 28.6 Å². The van der Waals surface area contributed by atoms with Crippen LogP contribution in [0, 0.1) is 0 Å². The van der Waals surface area contributed by atoms with Crippen molar-refractivity contribution >= 4 is 22.7 Å². The number of hydrogen-bond donors (Lipinski definition) is 3. The van der Waals surface area contributed by atoms with E-state index in [9.17, 15) is 14.0 Å². The van der Waals surface area contributed by atoms with E-state index in [-0.39, 0.29) is 30.0 Å². The summed E-state index contributed by atoms with van der Waals surface area (Å²) in [4.78, 5) is 23.0. The second-order valence-corrected chi connectivity index (χ2v) is 5.99. The van der Waals surface area contributed by atoms with Crippen LogP contribution in [0.15, 0.2) is 42.3 Å². The summed E-state index contributed by atoms with van der Waals surface area (Å²) in [5.41, 5.74) is 7.19. The van der Waals surface area contributed by atoms with Crippen LogP contribution in [-0.2, 0) is 4.79 Å². The SMILES string of the molecule is NC(=O)CCCNC(=O)c1ccc2n[nH]c(C3C=CC(F)=CC3)c2c1. The molecule has 1 aromatic carbocycles. The number of hydrogen-bond acceptors (Lipinski definition) is 3. The molecule has 1 unspecified atom stereocenters. The Morgan fingerprint density at radius 3 is 2.96 bits per heavy atom. The number of benzene rings is 1. The first kappa shape index (κ1) is 16.9. The first-order valence-electron chi connectivity index (χ1n) is 8.13. The fourth-order valence-corrected chi connectivity index (χ4v) is 2.83. The van der Waals surface area contributed by atoms with Gasteiger partial charge in [0.05, 0.1) is 11.2 Å². The lowest BCUT2D eigenvalue weighted by Gasteiger charge is -2.12. The highest BCUT2D eigenvalue weighted by Crippen LogP contribution is 2.31. The van der Waals surface area contributed by atoms with E-state index in [2.05, 4.69) is 15.5 Å². The minimum Gasteiger partial charge on any atom is -0.370 e. The third-order valence-corrected chi connectivity index (χ3v) is 4.16. The number of aromatic amines is 1. The van der Waals surface area contributed by atoms with Crippen LogP contribution in [0.4, 0.5) is 4.39 Å². The largest absolute Gasteiger partial charge is 0.370 e. The number of allylic oxidation sites excluding steroid dienone is 4. The molecule has 0 fully saturated rings. The molecule has 1 aliphatic carbocycles. The van der Waals surface area contributed by atoms with Gasteiger partial charge >= 0.3 is 0 Å². The maximum atomic E-state index is 13.1. The molecule has 7 heteroatoms. The zero-order valence-electron chi connectivity index (χ0n) is 13.6. The summed E-state index contributed by atoms with van der Waals surface area (Å²) in [7, 11) is 0. The molecule has 130 valence electrons. The number of nitrogens with one attached hydrogen (secondary N) is 2. The molecule has 1 aromatic heterocycles. The number of primary amides is 1. The summed E-state index contributed by atoms with van der Waals surface area (Å²) >= 11 is 0. The number of carbonyl (C=O) groups excluding carboxylic acids is 2. The van der Waals surface area contributed by atoms with Crippen LogP contribution in [0.2, 0.25) is 0 Å². The van der Waals surface area contributed by atoms with E-state index in [0.717, 1.165) is 16.6 Å². The minimum atomic E-state index is -0.385. The number of carbonyl (C=O) groups is 2. The first-order valence-corrected chi connectivity index (χ1v) is 8.13. The molecule has 0 saturated carbocycles. The second kappa shape index (κ2) is 7.29. The molecule has 0 bridgehead atoms. The van der Waals surface area contributed by atoms with Crippen molar-refractivity contribution in [2.24, 2.45) is 5.73 Å². The van der Waals surface area contributed by atoms with Crippen molar-refractivity contribution in [2.75, 3.05) is 6.54 Å². The molecule has 0 radical (unpaired) electrons. The molecular formula is C18H19FN4O2. The van der Waals surface area contributed by atoms with Gasteiger partial charge in [0.2, 0.25) is 5.91 Å². The van der Waals surface area contributed by atoms with Gasteiger partial charge in [0.15, 0.2) is 0 Å². The van der Waals surface area contributed by atoms with E-state index in [1.54, 1.807) is 24.3 Å². The Labute approximate surface area is 144 Å². The maximum Gasteiger partial charge on any atom is 0.251 e. The minimum absolute atomic E-state index is 0.00150. The molecule has 0 spiro atoms. The van der Waals surface area contributed by atoms with Crippen molar-refractivity contribution in [3.63, 3.8) is 0 Å². The van der Waals surface area contributed by atoms with Gasteiger partial charge in [0, 0.05) is 29.8 Å². The van der Waals surface area contributed by atoms with Gasteiger partial charge in [0.25, 0.3) is 5.91 Å². The van der Waals surface area contributed by atoms with Crippen LogP contribution in [0.25, 0.3) is 10.9 Å². The first-order chi connectivity index (χ1) is 12.0. The highest BCUT2D eigenvalue weighted by Gasteiger charge is 2.18. The number of fused-ring (bicyclic) bond motifs is 1. The van der Waals surface area contributed by atoms with Gasteiger partial charge in [-0.15, -0.1) is 0 Å². The lowest BCUT2D eigenvalue weighted by Crippen LogP contribution is -2.25. The molecule has 4 N–H and O–H groups in total. The second-order valence-electron chi connectivity index (χ2n) is 5.99. The summed E-state index contributed by atoms with van der Waals surface area (Å²) in [5.74, 6) is -0.845. The zero-order valence-corrected chi connectivity index (χ0v) is 13.6. The van der Waals surface area contributed by atoms with Crippen LogP contribution >= 0.6 is 0 Å². The van der Waals surface area contributed by atoms with Crippen LogP contribution in [0.3, 0.4) is 0 Å². The zero-order chi connectivity index (χ0) is 17.8. The van der Waals surface area contributed by atoms with Crippen LogP contribution in [0.5, 0.6) is 0 Å². The van der Waals surface area contributed by atoms with Gasteiger partial charge < -0.3 is 11.1 Å². The fourth-order valence-electron chi connectivity index (χ4n) is 2.83. The summed E-state index contributed by atoms with van der Waals surface area (Å²) < 4.78 is 13.1. The number of amides is 2. The van der Waals surface area contributed by atoms with Crippen LogP contribution in [0.1, 0.15) is 41.2 Å². The van der Waals surface area contributed by atoms with E-state index in [4.69, 9.17) is 5.73 Å². The van der Waals surface area contributed by atoms with Crippen molar-refractivity contribution in [1.29, 1.82) is 0 Å². The molecule has 0 saturated heterocycles. The Balaban J connectivity index is 1.75. The smallest absolute Gasteiger partial charge is 0.251 e. The standard InChI is InChI=1S/C18H19FN4O2/c19-13-6-3-11(4-7-13)17-14-10-12(5-8-15(14)22-23-17)18(25)21-9-1-2-16(20)24/h3,5-8,10-11H,1-2,4,9H2,(H2,20,24)(H,21,25)(H,22,23). The molecule has 25 heavy (non-hydrogen) atoms. The van der Waals surface area contributed by atoms with Gasteiger partial charge in [-0.05, 0) is 43.2 Å². The monoisotopic (exact) mass is 342 g/mol. The number of rotatable bonds is 6. The highest BCUT2D eigenvalue weighted by molar-refractivity contribution is 5.98. The van der Waals surface area contributed by atoms with Crippen LogP contribution < -0.4 is 11.1 Å². The molecule has 6 nitrogen and oxygen atoms in total. The Kier molecular flexibility index (Phi) is 4.92. The lowest BCUT2D eigenvalue weighted by molar-refractivity contribution is -0.118. The molecule has 3 rings (SSSR count). The summed E-state index contributed by atoms with van der Waals surface area (Å²) in [6.45, 7) is 0.382. The number of H-pyrrole nitrogens is 1. The number of nitrogens with zero attached hydrogens (tertiary/aromatic N) is 1. The van der Waals surface area contributed by atoms with Gasteiger partial charge in [-0.3, -0.25) is 14.7 Å². The molecule has 2 aromatic rings. The Bertz CT molecular complexity index is 869. The van der Waals surface area contributed by atoms with Gasteiger partial charge in [-0.2, -0.15) is 5.10 Å². The number of aromatic nitrogens is 2. The summed E-state index contributed by atoms with van der Waals surface area (Å²) in [6, 6.07) is 5.25. The topological polar surface area (TPSA) is 101 Å². The molecule has 2 amide bonds. The Morgan fingerprint density at radius 2 is 2.24 bits per heavy atom. The van der Waals surface area contributed by atoms with Gasteiger partial charge in [-0.1, -0.05) is 6.08 Å². The fraction of sp³-hybridized carbons (Fsp3) is 0.278. The van der Waals surface area contributed by atoms with Gasteiger partial charge in [0.1, 0.15) is 5.83 Å². The summed E-state index contributed by atoms with van der Waals surface area (Å²) in [6.07, 6.45) is 6.05. The predicted octanol–water partition coefficient (Wildman–Crippen LogP) is 2.46. The third-order valence-electron chi connectivity index (χ3n) is 4.16. The van der Waals surface area contributed by atoms with E-state index in [0.29, 0.717) is 24.9 Å². The molecule has 1 atom stereocenters. The normalized spacial score (nSPS) is 16.7. The van der Waals surface area contributed by atoms with Crippen molar-refractivity contribution in [1.82, 2.24) is 15.5 Å². The van der Waals surface area contributed by atoms with E-state index in [1.165, 1.54) is 12.2 Å². The van der Waals surface area contributed by atoms with E-state index >= 15 is 0 Å². The Morgan fingerprint density at radius 1 is 1.40 bits per heavy atom. The number of nitrogens with two attached hydrogens (primary N) is 1. The average Bonchev–Trinajstić information content (AvgIpc) is 3.02. The van der Waals surface area contributed by atoms with E-state index < -0.39 is 0 Å². The van der Waals surface area contributed by atoms with Gasteiger partial charge in [-0.25, -0.2) is 4.39 Å². The van der Waals surface area contributed by atoms with Crippen molar-refractivity contribution < 1.29 is 14.0 Å². The van der Waals surface area contributed by atoms with Crippen molar-refractivity contribution in [3.05, 3.63) is 53.5 Å². The highest BCUT2D eigenvalue weighted by atomic mass is 19.1. The molecular weight excluding hydrogens is 323 g/mol. The Hall–Kier alpha value is -2.96.